The Balaban J connectivity index is 2.16. The number of carbonyl (C=O) groups is 1. The molecule has 0 atom stereocenters. The Labute approximate surface area is 116 Å². The van der Waals surface area contributed by atoms with Gasteiger partial charge in [0, 0.05) is 19.0 Å². The molecule has 7 nitrogen and oxygen atoms in total. The van der Waals surface area contributed by atoms with Crippen LogP contribution in [0, 0.1) is 0 Å². The molecule has 2 aromatic heterocycles. The molecule has 0 aliphatic carbocycles. The number of nitrogens with one attached hydrogen (secondary N) is 2. The molecule has 2 heterocycles. The van der Waals surface area contributed by atoms with E-state index < -0.39 is 0 Å². The minimum absolute atomic E-state index is 0.154. The van der Waals surface area contributed by atoms with Gasteiger partial charge in [-0.15, -0.1) is 0 Å². The second-order valence-electron chi connectivity index (χ2n) is 4.56. The van der Waals surface area contributed by atoms with Crippen molar-refractivity contribution in [2.45, 2.75) is 26.3 Å². The van der Waals surface area contributed by atoms with Crippen LogP contribution in [0.2, 0.25) is 0 Å². The summed E-state index contributed by atoms with van der Waals surface area (Å²) in [7, 11) is 1.72. The van der Waals surface area contributed by atoms with Gasteiger partial charge in [0.2, 0.25) is 0 Å². The Morgan fingerprint density at radius 3 is 2.85 bits per heavy atom. The SMILES string of the molecule is CNc1cnc(C(C)C)nc1C(=O)NCc1ccno1. The van der Waals surface area contributed by atoms with Crippen LogP contribution in [0.1, 0.15) is 41.8 Å². The molecular weight excluding hydrogens is 258 g/mol. The van der Waals surface area contributed by atoms with Crippen LogP contribution in [0.25, 0.3) is 0 Å². The predicted molar refractivity (Wildman–Crippen MR) is 73.3 cm³/mol. The molecule has 2 rings (SSSR count). The van der Waals surface area contributed by atoms with Crippen molar-refractivity contribution in [1.82, 2.24) is 20.4 Å². The fraction of sp³-hybridized carbons (Fsp3) is 0.385. The number of amides is 1. The van der Waals surface area contributed by atoms with E-state index in [4.69, 9.17) is 4.52 Å². The molecule has 2 aromatic rings. The Bertz CT molecular complexity index is 580. The van der Waals surface area contributed by atoms with Crippen molar-refractivity contribution >= 4 is 11.6 Å². The number of hydrogen-bond donors (Lipinski definition) is 2. The third-order valence-corrected chi connectivity index (χ3v) is 2.72. The van der Waals surface area contributed by atoms with E-state index in [2.05, 4.69) is 25.8 Å². The summed E-state index contributed by atoms with van der Waals surface area (Å²) in [5.41, 5.74) is 0.912. The van der Waals surface area contributed by atoms with Gasteiger partial charge in [-0.3, -0.25) is 4.79 Å². The zero-order valence-electron chi connectivity index (χ0n) is 11.7. The summed E-state index contributed by atoms with van der Waals surface area (Å²) in [5, 5.41) is 9.23. The summed E-state index contributed by atoms with van der Waals surface area (Å²) < 4.78 is 4.93. The van der Waals surface area contributed by atoms with E-state index in [1.54, 1.807) is 19.3 Å². The molecule has 0 radical (unpaired) electrons. The van der Waals surface area contributed by atoms with E-state index in [0.29, 0.717) is 23.0 Å². The van der Waals surface area contributed by atoms with Crippen molar-refractivity contribution in [2.24, 2.45) is 0 Å². The average Bonchev–Trinajstić information content (AvgIpc) is 2.97. The van der Waals surface area contributed by atoms with Gasteiger partial charge in [0.05, 0.1) is 24.6 Å². The smallest absolute Gasteiger partial charge is 0.272 e. The Morgan fingerprint density at radius 1 is 1.45 bits per heavy atom. The number of aromatic nitrogens is 3. The summed E-state index contributed by atoms with van der Waals surface area (Å²) >= 11 is 0. The van der Waals surface area contributed by atoms with Gasteiger partial charge in [0.25, 0.3) is 5.91 Å². The van der Waals surface area contributed by atoms with Gasteiger partial charge in [0.15, 0.2) is 11.5 Å². The van der Waals surface area contributed by atoms with Gasteiger partial charge < -0.3 is 15.2 Å². The lowest BCUT2D eigenvalue weighted by Gasteiger charge is -2.11. The monoisotopic (exact) mass is 275 g/mol. The highest BCUT2D eigenvalue weighted by Crippen LogP contribution is 2.15. The molecule has 0 spiro atoms. The van der Waals surface area contributed by atoms with Gasteiger partial charge in [-0.05, 0) is 0 Å². The summed E-state index contributed by atoms with van der Waals surface area (Å²) in [5.74, 6) is 1.09. The third-order valence-electron chi connectivity index (χ3n) is 2.72. The van der Waals surface area contributed by atoms with Gasteiger partial charge in [-0.1, -0.05) is 19.0 Å². The van der Waals surface area contributed by atoms with Crippen LogP contribution in [0.15, 0.2) is 23.0 Å². The van der Waals surface area contributed by atoms with Crippen molar-refractivity contribution in [3.63, 3.8) is 0 Å². The van der Waals surface area contributed by atoms with Crippen molar-refractivity contribution in [3.05, 3.63) is 35.7 Å². The maximum Gasteiger partial charge on any atom is 0.272 e. The van der Waals surface area contributed by atoms with E-state index in [9.17, 15) is 4.79 Å². The van der Waals surface area contributed by atoms with Gasteiger partial charge in [0.1, 0.15) is 5.82 Å². The number of nitrogens with zero attached hydrogens (tertiary/aromatic N) is 3. The van der Waals surface area contributed by atoms with Crippen LogP contribution < -0.4 is 10.6 Å². The summed E-state index contributed by atoms with van der Waals surface area (Å²) in [6, 6.07) is 1.69. The molecule has 20 heavy (non-hydrogen) atoms. The van der Waals surface area contributed by atoms with Crippen LogP contribution in [0.5, 0.6) is 0 Å². The molecule has 0 unspecified atom stereocenters. The lowest BCUT2D eigenvalue weighted by molar-refractivity contribution is 0.0942. The average molecular weight is 275 g/mol. The Kier molecular flexibility index (Phi) is 4.29. The Hall–Kier alpha value is -2.44. The van der Waals surface area contributed by atoms with Gasteiger partial charge >= 0.3 is 0 Å². The number of anilines is 1. The lowest BCUT2D eigenvalue weighted by atomic mass is 10.2. The van der Waals surface area contributed by atoms with Crippen LogP contribution in [-0.4, -0.2) is 28.1 Å². The largest absolute Gasteiger partial charge is 0.385 e. The maximum atomic E-state index is 12.2. The standard InChI is InChI=1S/C13H17N5O2/c1-8(2)12-15-7-10(14-3)11(18-12)13(19)16-6-9-4-5-17-20-9/h4-5,7-8,14H,6H2,1-3H3,(H,16,19). The highest BCUT2D eigenvalue weighted by Gasteiger charge is 2.16. The molecule has 0 aliphatic rings. The fourth-order valence-electron chi connectivity index (χ4n) is 1.61. The first-order chi connectivity index (χ1) is 9.61. The lowest BCUT2D eigenvalue weighted by Crippen LogP contribution is -2.25. The second kappa shape index (κ2) is 6.14. The zero-order valence-corrected chi connectivity index (χ0v) is 11.7. The van der Waals surface area contributed by atoms with Crippen molar-refractivity contribution in [1.29, 1.82) is 0 Å². The highest BCUT2D eigenvalue weighted by molar-refractivity contribution is 5.97. The normalized spacial score (nSPS) is 10.6. The molecule has 0 saturated carbocycles. The first-order valence-electron chi connectivity index (χ1n) is 6.34. The maximum absolute atomic E-state index is 12.2. The molecule has 2 N–H and O–H groups in total. The summed E-state index contributed by atoms with van der Waals surface area (Å²) in [6.45, 7) is 4.22. The van der Waals surface area contributed by atoms with Crippen molar-refractivity contribution < 1.29 is 9.32 Å². The van der Waals surface area contributed by atoms with E-state index in [1.165, 1.54) is 6.20 Å². The molecule has 0 fully saturated rings. The highest BCUT2D eigenvalue weighted by atomic mass is 16.5. The summed E-state index contributed by atoms with van der Waals surface area (Å²) in [4.78, 5) is 20.7. The van der Waals surface area contributed by atoms with Crippen LogP contribution in [-0.2, 0) is 6.54 Å². The molecule has 0 aromatic carbocycles. The topological polar surface area (TPSA) is 92.9 Å². The van der Waals surface area contributed by atoms with Crippen LogP contribution >= 0.6 is 0 Å². The zero-order chi connectivity index (χ0) is 14.5. The molecular formula is C13H17N5O2. The van der Waals surface area contributed by atoms with E-state index in [0.717, 1.165) is 0 Å². The quantitative estimate of drug-likeness (QED) is 0.860. The van der Waals surface area contributed by atoms with E-state index in [-0.39, 0.29) is 18.4 Å². The minimum atomic E-state index is -0.282. The fourth-order valence-corrected chi connectivity index (χ4v) is 1.61. The number of rotatable bonds is 5. The molecule has 0 saturated heterocycles. The summed E-state index contributed by atoms with van der Waals surface area (Å²) in [6.07, 6.45) is 3.15. The molecule has 7 heteroatoms. The predicted octanol–water partition coefficient (Wildman–Crippen LogP) is 1.56. The number of carbonyl (C=O) groups excluding carboxylic acids is 1. The molecule has 1 amide bonds. The van der Waals surface area contributed by atoms with Crippen molar-refractivity contribution in [3.8, 4) is 0 Å². The molecule has 0 bridgehead atoms. The van der Waals surface area contributed by atoms with E-state index >= 15 is 0 Å². The van der Waals surface area contributed by atoms with Gasteiger partial charge in [-0.25, -0.2) is 9.97 Å². The van der Waals surface area contributed by atoms with Crippen LogP contribution in [0.3, 0.4) is 0 Å². The second-order valence-corrected chi connectivity index (χ2v) is 4.56. The molecule has 106 valence electrons. The third kappa shape index (κ3) is 3.11. The first-order valence-corrected chi connectivity index (χ1v) is 6.34. The first kappa shape index (κ1) is 14.0. The minimum Gasteiger partial charge on any atom is -0.385 e. The number of hydrogen-bond acceptors (Lipinski definition) is 6. The van der Waals surface area contributed by atoms with E-state index in [1.807, 2.05) is 13.8 Å². The Morgan fingerprint density at radius 2 is 2.25 bits per heavy atom. The van der Waals surface area contributed by atoms with Gasteiger partial charge in [-0.2, -0.15) is 0 Å². The van der Waals surface area contributed by atoms with Crippen molar-refractivity contribution in [2.75, 3.05) is 12.4 Å². The van der Waals surface area contributed by atoms with Crippen LogP contribution in [0.4, 0.5) is 5.69 Å². The molecule has 0 aliphatic heterocycles.